The number of amides is 7. The van der Waals surface area contributed by atoms with Gasteiger partial charge in [0.1, 0.15) is 23.9 Å². The van der Waals surface area contributed by atoms with Crippen LogP contribution in [0.25, 0.3) is 0 Å². The first kappa shape index (κ1) is 45.9. The molecule has 316 valence electrons. The number of aliphatic hydroxyl groups excluding tert-OH is 1. The molecule has 2 bridgehead atoms. The molecule has 8 atom stereocenters. The van der Waals surface area contributed by atoms with Crippen molar-refractivity contribution in [3.05, 3.63) is 29.8 Å². The van der Waals surface area contributed by atoms with Crippen LogP contribution in [0, 0.1) is 11.8 Å². The average molecular weight is 802 g/mol. The van der Waals surface area contributed by atoms with E-state index >= 15 is 0 Å². The van der Waals surface area contributed by atoms with Gasteiger partial charge in [-0.05, 0) is 68.2 Å². The Balaban J connectivity index is 1.85. The molecule has 1 aromatic carbocycles. The molecule has 3 aliphatic heterocycles. The highest BCUT2D eigenvalue weighted by atomic mass is 16.5. The molecule has 0 aliphatic carbocycles. The second kappa shape index (κ2) is 21.7. The largest absolute Gasteiger partial charge is 0.484 e. The number of carbonyl (C=O) groups excluding carboxylic acids is 7. The van der Waals surface area contributed by atoms with Gasteiger partial charge in [0.15, 0.2) is 18.6 Å². The number of aliphatic hydroxyl groups is 1. The van der Waals surface area contributed by atoms with Crippen LogP contribution in [-0.4, -0.2) is 126 Å². The number of benzene rings is 1. The van der Waals surface area contributed by atoms with Crippen LogP contribution in [0.1, 0.15) is 65.4 Å². The number of nitrogens with one attached hydrogen (secondary N) is 5. The second-order valence-corrected chi connectivity index (χ2v) is 14.9. The molecule has 20 nitrogen and oxygen atoms in total. The summed E-state index contributed by atoms with van der Waals surface area (Å²) in [6.07, 6.45) is 0.551. The first-order valence-corrected chi connectivity index (χ1v) is 19.2. The van der Waals surface area contributed by atoms with Crippen LogP contribution in [-0.2, 0) is 40.0 Å². The Morgan fingerprint density at radius 1 is 0.965 bits per heavy atom. The number of primary amides is 2. The van der Waals surface area contributed by atoms with E-state index in [9.17, 15) is 38.7 Å². The summed E-state index contributed by atoms with van der Waals surface area (Å²) in [5.41, 5.74) is 22.5. The number of β-amino-alcohol motifs (C(OH)–C–C–N with tert-alkyl or cyclic N) is 1. The topological polar surface area (TPSA) is 329 Å². The van der Waals surface area contributed by atoms with E-state index in [0.29, 0.717) is 37.1 Å². The van der Waals surface area contributed by atoms with Gasteiger partial charge in [0, 0.05) is 13.1 Å². The van der Waals surface area contributed by atoms with Crippen molar-refractivity contribution in [2.24, 2.45) is 39.8 Å². The number of hydrogen-bond acceptors (Lipinski definition) is 11. The fraction of sp³-hybridized carbons (Fsp3) is 0.622. The molecular weight excluding hydrogens is 742 g/mol. The number of nitrogens with two attached hydrogens (primary N) is 4. The summed E-state index contributed by atoms with van der Waals surface area (Å²) in [5, 5.41) is 24.7. The van der Waals surface area contributed by atoms with Crippen molar-refractivity contribution in [1.82, 2.24) is 31.5 Å². The van der Waals surface area contributed by atoms with Gasteiger partial charge < -0.3 is 59.4 Å². The summed E-state index contributed by atoms with van der Waals surface area (Å²) in [6.45, 7) is 7.16. The lowest BCUT2D eigenvalue weighted by Crippen LogP contribution is -2.61. The number of rotatable bonds is 16. The number of carbonyl (C=O) groups is 7. The highest BCUT2D eigenvalue weighted by molar-refractivity contribution is 6.07. The van der Waals surface area contributed by atoms with Gasteiger partial charge in [0.25, 0.3) is 11.8 Å². The van der Waals surface area contributed by atoms with Crippen molar-refractivity contribution in [2.45, 2.75) is 109 Å². The first-order valence-electron chi connectivity index (χ1n) is 19.2. The Bertz CT molecular complexity index is 1620. The van der Waals surface area contributed by atoms with Crippen LogP contribution in [0.2, 0.25) is 0 Å². The Labute approximate surface area is 332 Å². The monoisotopic (exact) mass is 801 g/mol. The number of guanidine groups is 1. The minimum Gasteiger partial charge on any atom is -0.484 e. The number of likely N-dealkylation sites (tertiary alicyclic amines) is 1. The minimum absolute atomic E-state index is 0.0245. The lowest BCUT2D eigenvalue weighted by molar-refractivity contribution is -0.137. The first-order chi connectivity index (χ1) is 26.9. The molecule has 4 rings (SSSR count). The zero-order valence-corrected chi connectivity index (χ0v) is 33.0. The summed E-state index contributed by atoms with van der Waals surface area (Å²) in [6, 6.07) is -0.272. The fourth-order valence-corrected chi connectivity index (χ4v) is 6.66. The van der Waals surface area contributed by atoms with Gasteiger partial charge in [-0.25, -0.2) is 0 Å². The standard InChI is InChI=1S/C37H59N11O9/c1-5-20(4)29(35(55)45-28(19(2)3)31(38)51)46-34(54)25-9-7-15-48(25)17-26(49)24-16-21-10-12-22(13-11-21)57-18-27(50)43-23(8-6-14-42-37(40)41)33(53)47-30(32(39)52)36(56)44-24/h10-13,19-20,23-26,28-30,49H,5-9,14-18H2,1-4H3,(H2,38,51)(H2,39,52)(H,43,50)(H,44,56)(H,45,55)(H,46,54)(H,47,53)(H4,40,41,42)/t20?,23-,24-,25-,26-,28-,29-,30-/m0/s1. The number of ether oxygens (including phenoxy) is 1. The zero-order chi connectivity index (χ0) is 42.4. The summed E-state index contributed by atoms with van der Waals surface area (Å²) in [7, 11) is 0. The molecule has 0 saturated carbocycles. The molecule has 1 fully saturated rings. The molecule has 0 spiro atoms. The van der Waals surface area contributed by atoms with Crippen LogP contribution < -0.4 is 54.3 Å². The van der Waals surface area contributed by atoms with Crippen molar-refractivity contribution in [1.29, 1.82) is 0 Å². The van der Waals surface area contributed by atoms with E-state index in [1.807, 2.05) is 6.92 Å². The van der Waals surface area contributed by atoms with E-state index in [-0.39, 0.29) is 50.1 Å². The normalized spacial score (nSPS) is 22.8. The molecule has 20 heteroatoms. The third-order valence-corrected chi connectivity index (χ3v) is 10.1. The van der Waals surface area contributed by atoms with Gasteiger partial charge in [-0.15, -0.1) is 0 Å². The van der Waals surface area contributed by atoms with Gasteiger partial charge in [-0.3, -0.25) is 43.5 Å². The van der Waals surface area contributed by atoms with Crippen molar-refractivity contribution in [3.8, 4) is 5.75 Å². The van der Waals surface area contributed by atoms with Gasteiger partial charge in [-0.1, -0.05) is 46.2 Å². The third-order valence-electron chi connectivity index (χ3n) is 10.1. The van der Waals surface area contributed by atoms with Gasteiger partial charge in [0.05, 0.1) is 18.2 Å². The highest BCUT2D eigenvalue weighted by Crippen LogP contribution is 2.21. The van der Waals surface area contributed by atoms with Crippen LogP contribution >= 0.6 is 0 Å². The van der Waals surface area contributed by atoms with Crippen LogP contribution in [0.3, 0.4) is 0 Å². The predicted octanol–water partition coefficient (Wildman–Crippen LogP) is -3.40. The lowest BCUT2D eigenvalue weighted by Gasteiger charge is -2.33. The van der Waals surface area contributed by atoms with Crippen molar-refractivity contribution in [3.63, 3.8) is 0 Å². The minimum atomic E-state index is -1.89. The molecule has 1 unspecified atom stereocenters. The van der Waals surface area contributed by atoms with E-state index in [1.165, 1.54) is 0 Å². The third kappa shape index (κ3) is 13.9. The summed E-state index contributed by atoms with van der Waals surface area (Å²) in [4.78, 5) is 97.2. The van der Waals surface area contributed by atoms with Crippen LogP contribution in [0.5, 0.6) is 5.75 Å². The Hall–Kier alpha value is -5.50. The maximum absolute atomic E-state index is 13.8. The number of fused-ring (bicyclic) bond motifs is 13. The van der Waals surface area contributed by atoms with E-state index in [0.717, 1.165) is 0 Å². The fourth-order valence-electron chi connectivity index (χ4n) is 6.66. The van der Waals surface area contributed by atoms with Gasteiger partial charge in [0.2, 0.25) is 29.5 Å². The van der Waals surface area contributed by atoms with Crippen LogP contribution in [0.4, 0.5) is 0 Å². The molecule has 7 amide bonds. The average Bonchev–Trinajstić information content (AvgIpc) is 3.62. The summed E-state index contributed by atoms with van der Waals surface area (Å²) >= 11 is 0. The second-order valence-electron chi connectivity index (χ2n) is 14.9. The van der Waals surface area contributed by atoms with Crippen LogP contribution in [0.15, 0.2) is 29.3 Å². The lowest BCUT2D eigenvalue weighted by atomic mass is 9.96. The maximum Gasteiger partial charge on any atom is 0.258 e. The Morgan fingerprint density at radius 3 is 2.25 bits per heavy atom. The molecule has 3 aliphatic rings. The van der Waals surface area contributed by atoms with E-state index in [1.54, 1.807) is 49.9 Å². The van der Waals surface area contributed by atoms with E-state index in [2.05, 4.69) is 31.6 Å². The SMILES string of the molecule is CCC(C)[C@H](NC(=O)[C@@H]1CCCN1C[C@H](O)[C@@H]1Cc2ccc(cc2)OCC(=O)N[C@@H](CCCN=C(N)N)C(=O)N[C@@H](C(N)=O)C(=O)N1)C(=O)N[C@H](C(N)=O)C(C)C. The molecule has 0 radical (unpaired) electrons. The van der Waals surface area contributed by atoms with Crippen molar-refractivity contribution < 1.29 is 43.4 Å². The molecule has 57 heavy (non-hydrogen) atoms. The molecule has 3 heterocycles. The number of nitrogens with zero attached hydrogens (tertiary/aromatic N) is 2. The maximum atomic E-state index is 13.8. The number of hydrogen-bond donors (Lipinski definition) is 10. The smallest absolute Gasteiger partial charge is 0.258 e. The summed E-state index contributed by atoms with van der Waals surface area (Å²) in [5.74, 6) is -5.81. The Morgan fingerprint density at radius 2 is 1.65 bits per heavy atom. The predicted molar refractivity (Wildman–Crippen MR) is 208 cm³/mol. The van der Waals surface area contributed by atoms with Crippen molar-refractivity contribution >= 4 is 47.3 Å². The molecule has 1 saturated heterocycles. The van der Waals surface area contributed by atoms with E-state index < -0.39 is 90.3 Å². The Kier molecular flexibility index (Phi) is 17.5. The number of aliphatic imine (C=N–C) groups is 1. The molecule has 14 N–H and O–H groups in total. The molecule has 0 aromatic heterocycles. The molecule has 1 aromatic rings. The highest BCUT2D eigenvalue weighted by Gasteiger charge is 2.39. The zero-order valence-electron chi connectivity index (χ0n) is 33.0. The van der Waals surface area contributed by atoms with Gasteiger partial charge >= 0.3 is 0 Å². The molecular formula is C37H59N11O9. The quantitative estimate of drug-likeness (QED) is 0.0257. The van der Waals surface area contributed by atoms with E-state index in [4.69, 9.17) is 27.7 Å². The summed E-state index contributed by atoms with van der Waals surface area (Å²) < 4.78 is 5.61. The van der Waals surface area contributed by atoms with Gasteiger partial charge in [-0.2, -0.15) is 0 Å². The van der Waals surface area contributed by atoms with Crippen molar-refractivity contribution in [2.75, 3.05) is 26.2 Å².